The van der Waals surface area contributed by atoms with Crippen LogP contribution in [0.15, 0.2) is 30.5 Å². The number of carbonyl (C=O) groups is 1. The van der Waals surface area contributed by atoms with Crippen molar-refractivity contribution in [3.8, 4) is 12.1 Å². The third-order valence-corrected chi connectivity index (χ3v) is 6.22. The van der Waals surface area contributed by atoms with Crippen molar-refractivity contribution in [2.24, 2.45) is 5.92 Å². The maximum atomic E-state index is 13.0. The van der Waals surface area contributed by atoms with E-state index < -0.39 is 5.54 Å². The molecular formula is C22H23N5O. The van der Waals surface area contributed by atoms with E-state index in [-0.39, 0.29) is 11.7 Å². The minimum atomic E-state index is -0.528. The highest BCUT2D eigenvalue weighted by molar-refractivity contribution is 5.96. The van der Waals surface area contributed by atoms with E-state index in [4.69, 9.17) is 5.26 Å². The first-order valence-corrected chi connectivity index (χ1v) is 10.0. The summed E-state index contributed by atoms with van der Waals surface area (Å²) in [7, 11) is 0. The van der Waals surface area contributed by atoms with Crippen LogP contribution in [0.3, 0.4) is 0 Å². The molecule has 6 nitrogen and oxygen atoms in total. The Morgan fingerprint density at radius 2 is 1.89 bits per heavy atom. The number of benzene rings is 1. The first-order valence-electron chi connectivity index (χ1n) is 10.0. The average molecular weight is 373 g/mol. The molecule has 1 atom stereocenters. The van der Waals surface area contributed by atoms with Gasteiger partial charge in [-0.2, -0.15) is 10.5 Å². The van der Waals surface area contributed by atoms with Crippen molar-refractivity contribution in [1.29, 1.82) is 10.5 Å². The minimum absolute atomic E-state index is 0.0201. The van der Waals surface area contributed by atoms with E-state index in [1.807, 2.05) is 6.20 Å². The summed E-state index contributed by atoms with van der Waals surface area (Å²) in [5.41, 5.74) is 1.48. The monoisotopic (exact) mass is 373 g/mol. The van der Waals surface area contributed by atoms with Gasteiger partial charge in [0.25, 0.3) is 0 Å². The Kier molecular flexibility index (Phi) is 4.96. The zero-order valence-electron chi connectivity index (χ0n) is 15.8. The van der Waals surface area contributed by atoms with Crippen LogP contribution in [-0.2, 0) is 5.54 Å². The smallest absolute Gasteiger partial charge is 0.163 e. The van der Waals surface area contributed by atoms with Gasteiger partial charge >= 0.3 is 0 Å². The van der Waals surface area contributed by atoms with Gasteiger partial charge in [-0.3, -0.25) is 4.79 Å². The third-order valence-electron chi connectivity index (χ3n) is 6.22. The molecule has 2 saturated carbocycles. The van der Waals surface area contributed by atoms with Crippen LogP contribution < -0.4 is 0 Å². The lowest BCUT2D eigenvalue weighted by atomic mass is 9.76. The Morgan fingerprint density at radius 1 is 1.18 bits per heavy atom. The summed E-state index contributed by atoms with van der Waals surface area (Å²) in [6, 6.07) is 11.2. The molecule has 0 unspecified atom stereocenters. The van der Waals surface area contributed by atoms with Crippen LogP contribution in [0, 0.1) is 28.6 Å². The van der Waals surface area contributed by atoms with Gasteiger partial charge in [-0.15, -0.1) is 5.10 Å². The van der Waals surface area contributed by atoms with E-state index >= 15 is 0 Å². The normalized spacial score (nSPS) is 19.4. The predicted octanol–water partition coefficient (Wildman–Crippen LogP) is 4.10. The lowest BCUT2D eigenvalue weighted by Crippen LogP contribution is -2.20. The van der Waals surface area contributed by atoms with Crippen molar-refractivity contribution >= 4 is 5.78 Å². The Labute approximate surface area is 164 Å². The quantitative estimate of drug-likeness (QED) is 0.710. The molecule has 0 N–H and O–H groups in total. The van der Waals surface area contributed by atoms with Crippen LogP contribution in [0.5, 0.6) is 0 Å². The second kappa shape index (κ2) is 7.56. The average Bonchev–Trinajstić information content (AvgIpc) is 3.41. The summed E-state index contributed by atoms with van der Waals surface area (Å²) < 4.78 is 1.70. The summed E-state index contributed by atoms with van der Waals surface area (Å²) in [6.07, 6.45) is 9.71. The Morgan fingerprint density at radius 3 is 2.50 bits per heavy atom. The molecule has 2 aliphatic rings. The van der Waals surface area contributed by atoms with Gasteiger partial charge in [-0.1, -0.05) is 36.6 Å². The van der Waals surface area contributed by atoms with Gasteiger partial charge in [0.1, 0.15) is 0 Å². The first kappa shape index (κ1) is 18.4. The molecular weight excluding hydrogens is 350 g/mol. The Balaban J connectivity index is 1.58. The molecule has 28 heavy (non-hydrogen) atoms. The fourth-order valence-corrected chi connectivity index (χ4v) is 4.26. The van der Waals surface area contributed by atoms with Crippen LogP contribution >= 0.6 is 0 Å². The van der Waals surface area contributed by atoms with Crippen molar-refractivity contribution in [2.75, 3.05) is 0 Å². The molecule has 1 heterocycles. The molecule has 6 heteroatoms. The number of ketones is 1. The largest absolute Gasteiger partial charge is 0.294 e. The molecule has 0 spiro atoms. The molecule has 0 aliphatic heterocycles. The number of nitrogens with zero attached hydrogens (tertiary/aromatic N) is 5. The molecule has 1 aromatic carbocycles. The predicted molar refractivity (Wildman–Crippen MR) is 102 cm³/mol. The number of carbonyl (C=O) groups excluding carboxylic acids is 1. The molecule has 0 amide bonds. The third kappa shape index (κ3) is 3.55. The fraction of sp³-hybridized carbons (Fsp3) is 0.500. The van der Waals surface area contributed by atoms with Crippen molar-refractivity contribution in [3.05, 3.63) is 47.3 Å². The van der Waals surface area contributed by atoms with Crippen LogP contribution in [0.2, 0.25) is 0 Å². The highest BCUT2D eigenvalue weighted by Gasteiger charge is 2.47. The van der Waals surface area contributed by atoms with E-state index in [1.54, 1.807) is 28.9 Å². The van der Waals surface area contributed by atoms with E-state index in [2.05, 4.69) is 22.5 Å². The van der Waals surface area contributed by atoms with Gasteiger partial charge in [0.15, 0.2) is 11.3 Å². The van der Waals surface area contributed by atoms with Gasteiger partial charge < -0.3 is 0 Å². The lowest BCUT2D eigenvalue weighted by Gasteiger charge is -2.28. The second-order valence-electron chi connectivity index (χ2n) is 8.05. The lowest BCUT2D eigenvalue weighted by molar-refractivity contribution is 0.0957. The molecule has 0 saturated heterocycles. The van der Waals surface area contributed by atoms with Crippen molar-refractivity contribution in [3.63, 3.8) is 0 Å². The fourth-order valence-electron chi connectivity index (χ4n) is 4.26. The maximum Gasteiger partial charge on any atom is 0.163 e. The van der Waals surface area contributed by atoms with Crippen LogP contribution in [0.4, 0.5) is 0 Å². The number of hydrogen-bond donors (Lipinski definition) is 0. The summed E-state index contributed by atoms with van der Waals surface area (Å²) in [5, 5.41) is 27.0. The molecule has 4 rings (SSSR count). The van der Waals surface area contributed by atoms with E-state index in [0.717, 1.165) is 31.4 Å². The van der Waals surface area contributed by atoms with Gasteiger partial charge in [-0.05, 0) is 43.7 Å². The van der Waals surface area contributed by atoms with Crippen LogP contribution in [0.25, 0.3) is 0 Å². The molecule has 142 valence electrons. The van der Waals surface area contributed by atoms with Gasteiger partial charge in [-0.25, -0.2) is 4.68 Å². The minimum Gasteiger partial charge on any atom is -0.294 e. The molecule has 1 aromatic heterocycles. The topological polar surface area (TPSA) is 95.4 Å². The van der Waals surface area contributed by atoms with Gasteiger partial charge in [0.05, 0.1) is 29.6 Å². The highest BCUT2D eigenvalue weighted by atomic mass is 16.1. The molecule has 2 fully saturated rings. The van der Waals surface area contributed by atoms with Gasteiger partial charge in [0, 0.05) is 17.9 Å². The summed E-state index contributed by atoms with van der Waals surface area (Å²) in [4.78, 5) is 13.0. The van der Waals surface area contributed by atoms with E-state index in [9.17, 15) is 10.1 Å². The van der Waals surface area contributed by atoms with E-state index in [0.29, 0.717) is 23.5 Å². The SMILES string of the molecule is N#Cc1ccc(C(=O)C[C@H](c2cn(C3(C#N)CC3)nn2)C2CCCCC2)cc1. The summed E-state index contributed by atoms with van der Waals surface area (Å²) in [5.74, 6) is 0.501. The number of Topliss-reactive ketones (excluding diaryl/α,β-unsaturated/α-hetero) is 1. The zero-order chi connectivity index (χ0) is 19.6. The Bertz CT molecular complexity index is 937. The van der Waals surface area contributed by atoms with Crippen molar-refractivity contribution in [1.82, 2.24) is 15.0 Å². The van der Waals surface area contributed by atoms with Crippen molar-refractivity contribution in [2.45, 2.75) is 62.8 Å². The highest BCUT2D eigenvalue weighted by Crippen LogP contribution is 2.43. The van der Waals surface area contributed by atoms with E-state index in [1.165, 1.54) is 19.3 Å². The van der Waals surface area contributed by atoms with Crippen LogP contribution in [0.1, 0.15) is 78.9 Å². The number of nitriles is 2. The van der Waals surface area contributed by atoms with Gasteiger partial charge in [0.2, 0.25) is 0 Å². The number of aromatic nitrogens is 3. The first-order chi connectivity index (χ1) is 13.6. The Hall–Kier alpha value is -2.99. The summed E-state index contributed by atoms with van der Waals surface area (Å²) in [6.45, 7) is 0. The molecule has 0 radical (unpaired) electrons. The molecule has 2 aliphatic carbocycles. The van der Waals surface area contributed by atoms with Crippen LogP contribution in [-0.4, -0.2) is 20.8 Å². The number of hydrogen-bond acceptors (Lipinski definition) is 5. The van der Waals surface area contributed by atoms with Crippen molar-refractivity contribution < 1.29 is 4.79 Å². The number of rotatable bonds is 6. The molecule has 0 bridgehead atoms. The second-order valence-corrected chi connectivity index (χ2v) is 8.05. The summed E-state index contributed by atoms with van der Waals surface area (Å²) >= 11 is 0. The standard InChI is InChI=1S/C22H23N5O/c23-13-16-6-8-18(9-7-16)21(28)12-19(17-4-2-1-3-5-17)20-14-27(26-25-20)22(15-24)10-11-22/h6-9,14,17,19H,1-5,10-12H2/t19-/m0/s1. The molecule has 2 aromatic rings. The maximum absolute atomic E-state index is 13.0. The zero-order valence-corrected chi connectivity index (χ0v) is 15.8.